The maximum Gasteiger partial charge on any atom is 0.122 e. The smallest absolute Gasteiger partial charge is 0.122 e. The number of hydrogen-bond acceptors (Lipinski definition) is 2. The molecule has 1 rings (SSSR count). The second kappa shape index (κ2) is 3.79. The number of alkyl halides is 1. The van der Waals surface area contributed by atoms with Crippen LogP contribution in [0.25, 0.3) is 0 Å². The van der Waals surface area contributed by atoms with Crippen LogP contribution < -0.4 is 5.32 Å². The van der Waals surface area contributed by atoms with Crippen LogP contribution in [-0.2, 0) is 0 Å². The van der Waals surface area contributed by atoms with Gasteiger partial charge in [0.05, 0.1) is 6.04 Å². The second-order valence-corrected chi connectivity index (χ2v) is 2.75. The predicted molar refractivity (Wildman–Crippen MR) is 46.0 cm³/mol. The molecule has 0 aliphatic rings. The van der Waals surface area contributed by atoms with Gasteiger partial charge >= 0.3 is 0 Å². The predicted octanol–water partition coefficient (Wildman–Crippen LogP) is 2.09. The second-order valence-electron chi connectivity index (χ2n) is 2.44. The zero-order valence-corrected chi connectivity index (χ0v) is 7.48. The number of hydrogen-bond donors (Lipinski definition) is 1. The van der Waals surface area contributed by atoms with E-state index in [0.29, 0.717) is 5.88 Å². The fourth-order valence-electron chi connectivity index (χ4n) is 0.936. The summed E-state index contributed by atoms with van der Waals surface area (Å²) in [5, 5.41) is 3.06. The fraction of sp³-hybridized carbons (Fsp3) is 0.500. The fourth-order valence-corrected chi connectivity index (χ4v) is 1.24. The van der Waals surface area contributed by atoms with Crippen molar-refractivity contribution in [2.45, 2.75) is 13.0 Å². The van der Waals surface area contributed by atoms with Crippen LogP contribution in [0.5, 0.6) is 0 Å². The maximum absolute atomic E-state index is 5.69. The Hall–Kier alpha value is -0.470. The van der Waals surface area contributed by atoms with Crippen LogP contribution in [0.2, 0.25) is 0 Å². The molecule has 3 heteroatoms. The molecule has 62 valence electrons. The van der Waals surface area contributed by atoms with Crippen molar-refractivity contribution in [3.63, 3.8) is 0 Å². The minimum atomic E-state index is 0.130. The molecule has 0 aliphatic carbocycles. The lowest BCUT2D eigenvalue weighted by Gasteiger charge is -2.08. The van der Waals surface area contributed by atoms with Gasteiger partial charge < -0.3 is 9.73 Å². The van der Waals surface area contributed by atoms with Crippen molar-refractivity contribution in [2.24, 2.45) is 0 Å². The van der Waals surface area contributed by atoms with E-state index >= 15 is 0 Å². The molecule has 1 heterocycles. The molecule has 0 radical (unpaired) electrons. The summed E-state index contributed by atoms with van der Waals surface area (Å²) >= 11 is 5.69. The Morgan fingerprint density at radius 1 is 1.64 bits per heavy atom. The molecular formula is C8H12ClNO. The Bertz CT molecular complexity index is 218. The van der Waals surface area contributed by atoms with E-state index in [2.05, 4.69) is 5.32 Å². The van der Waals surface area contributed by atoms with Gasteiger partial charge in [0, 0.05) is 5.88 Å². The Morgan fingerprint density at radius 2 is 2.36 bits per heavy atom. The van der Waals surface area contributed by atoms with Gasteiger partial charge in [0.1, 0.15) is 11.5 Å². The number of nitrogens with one attached hydrogen (secondary N) is 1. The largest absolute Gasteiger partial charge is 0.465 e. The van der Waals surface area contributed by atoms with Crippen LogP contribution in [0, 0.1) is 6.92 Å². The van der Waals surface area contributed by atoms with Crippen LogP contribution in [-0.4, -0.2) is 12.9 Å². The number of aryl methyl sites for hydroxylation is 1. The third-order valence-corrected chi connectivity index (χ3v) is 1.92. The Kier molecular flexibility index (Phi) is 2.97. The normalized spacial score (nSPS) is 13.4. The molecule has 1 N–H and O–H groups in total. The van der Waals surface area contributed by atoms with E-state index < -0.39 is 0 Å². The summed E-state index contributed by atoms with van der Waals surface area (Å²) in [4.78, 5) is 0. The van der Waals surface area contributed by atoms with E-state index in [0.717, 1.165) is 11.5 Å². The monoisotopic (exact) mass is 173 g/mol. The van der Waals surface area contributed by atoms with Gasteiger partial charge in [-0.2, -0.15) is 0 Å². The SMILES string of the molecule is CNC(CCl)c1ccc(C)o1. The van der Waals surface area contributed by atoms with E-state index in [1.54, 1.807) is 0 Å². The number of rotatable bonds is 3. The van der Waals surface area contributed by atoms with Gasteiger partial charge in [-0.3, -0.25) is 0 Å². The van der Waals surface area contributed by atoms with Gasteiger partial charge in [0.15, 0.2) is 0 Å². The number of halogens is 1. The molecule has 1 unspecified atom stereocenters. The average Bonchev–Trinajstić information content (AvgIpc) is 2.39. The van der Waals surface area contributed by atoms with Crippen LogP contribution in [0.4, 0.5) is 0 Å². The summed E-state index contributed by atoms with van der Waals surface area (Å²) in [6.45, 7) is 1.92. The molecule has 1 aromatic heterocycles. The maximum atomic E-state index is 5.69. The van der Waals surface area contributed by atoms with Gasteiger partial charge in [-0.15, -0.1) is 11.6 Å². The first-order valence-corrected chi connectivity index (χ1v) is 4.11. The van der Waals surface area contributed by atoms with Gasteiger partial charge in [-0.1, -0.05) is 0 Å². The first-order chi connectivity index (χ1) is 5.27. The lowest BCUT2D eigenvalue weighted by molar-refractivity contribution is 0.434. The average molecular weight is 174 g/mol. The topological polar surface area (TPSA) is 25.2 Å². The highest BCUT2D eigenvalue weighted by Crippen LogP contribution is 2.16. The molecule has 0 aromatic carbocycles. The molecule has 11 heavy (non-hydrogen) atoms. The van der Waals surface area contributed by atoms with Crippen LogP contribution in [0.3, 0.4) is 0 Å². The molecule has 0 saturated carbocycles. The molecule has 0 spiro atoms. The molecular weight excluding hydrogens is 162 g/mol. The van der Waals surface area contributed by atoms with E-state index in [4.69, 9.17) is 16.0 Å². The highest BCUT2D eigenvalue weighted by molar-refractivity contribution is 6.18. The van der Waals surface area contributed by atoms with Crippen LogP contribution in [0.1, 0.15) is 17.6 Å². The molecule has 2 nitrogen and oxygen atoms in total. The zero-order chi connectivity index (χ0) is 8.27. The third-order valence-electron chi connectivity index (χ3n) is 1.61. The first-order valence-electron chi connectivity index (χ1n) is 3.57. The summed E-state index contributed by atoms with van der Waals surface area (Å²) in [6, 6.07) is 4.01. The van der Waals surface area contributed by atoms with Crippen molar-refractivity contribution in [3.8, 4) is 0 Å². The van der Waals surface area contributed by atoms with Crippen molar-refractivity contribution in [3.05, 3.63) is 23.7 Å². The van der Waals surface area contributed by atoms with Crippen LogP contribution >= 0.6 is 11.6 Å². The van der Waals surface area contributed by atoms with Crippen LogP contribution in [0.15, 0.2) is 16.5 Å². The Morgan fingerprint density at radius 3 is 2.73 bits per heavy atom. The molecule has 1 atom stereocenters. The summed E-state index contributed by atoms with van der Waals surface area (Å²) < 4.78 is 5.38. The molecule has 0 aliphatic heterocycles. The number of furan rings is 1. The minimum absolute atomic E-state index is 0.130. The third kappa shape index (κ3) is 1.98. The lowest BCUT2D eigenvalue weighted by atomic mass is 10.2. The van der Waals surface area contributed by atoms with E-state index in [1.165, 1.54) is 0 Å². The van der Waals surface area contributed by atoms with Gasteiger partial charge in [-0.25, -0.2) is 0 Å². The summed E-state index contributed by atoms with van der Waals surface area (Å²) in [5.41, 5.74) is 0. The zero-order valence-electron chi connectivity index (χ0n) is 6.73. The van der Waals surface area contributed by atoms with Crippen molar-refractivity contribution in [1.29, 1.82) is 0 Å². The van der Waals surface area contributed by atoms with Gasteiger partial charge in [0.2, 0.25) is 0 Å². The van der Waals surface area contributed by atoms with Crippen molar-refractivity contribution in [1.82, 2.24) is 5.32 Å². The molecule has 0 saturated heterocycles. The van der Waals surface area contributed by atoms with Gasteiger partial charge in [-0.05, 0) is 26.1 Å². The highest BCUT2D eigenvalue weighted by Gasteiger charge is 2.10. The molecule has 1 aromatic rings. The minimum Gasteiger partial charge on any atom is -0.465 e. The molecule has 0 fully saturated rings. The lowest BCUT2D eigenvalue weighted by Crippen LogP contribution is -2.16. The first kappa shape index (κ1) is 8.62. The van der Waals surface area contributed by atoms with Crippen molar-refractivity contribution >= 4 is 11.6 Å². The van der Waals surface area contributed by atoms with E-state index in [-0.39, 0.29) is 6.04 Å². The highest BCUT2D eigenvalue weighted by atomic mass is 35.5. The van der Waals surface area contributed by atoms with Crippen molar-refractivity contribution in [2.75, 3.05) is 12.9 Å². The summed E-state index contributed by atoms with van der Waals surface area (Å²) in [5.74, 6) is 2.36. The van der Waals surface area contributed by atoms with E-state index in [1.807, 2.05) is 26.1 Å². The summed E-state index contributed by atoms with van der Waals surface area (Å²) in [7, 11) is 1.87. The standard InChI is InChI=1S/C8H12ClNO/c1-6-3-4-8(11-6)7(5-9)10-2/h3-4,7,10H,5H2,1-2H3. The molecule has 0 amide bonds. The quantitative estimate of drug-likeness (QED) is 0.709. The Labute approximate surface area is 71.5 Å². The van der Waals surface area contributed by atoms with E-state index in [9.17, 15) is 0 Å². The Balaban J connectivity index is 2.73. The van der Waals surface area contributed by atoms with Gasteiger partial charge in [0.25, 0.3) is 0 Å². The van der Waals surface area contributed by atoms with Crippen molar-refractivity contribution < 1.29 is 4.42 Å². The summed E-state index contributed by atoms with van der Waals surface area (Å²) in [6.07, 6.45) is 0. The molecule has 0 bridgehead atoms.